The average Bonchev–Trinajstić information content (AvgIpc) is 2.47. The number of halogens is 1. The van der Waals surface area contributed by atoms with Gasteiger partial charge in [0.2, 0.25) is 0 Å². The van der Waals surface area contributed by atoms with Gasteiger partial charge in [-0.1, -0.05) is 44.9 Å². The predicted octanol–water partition coefficient (Wildman–Crippen LogP) is 5.56. The molecule has 0 aliphatic heterocycles. The van der Waals surface area contributed by atoms with Crippen molar-refractivity contribution < 1.29 is 4.74 Å². The molecule has 102 valence electrons. The Hall–Kier alpha value is -1.21. The van der Waals surface area contributed by atoms with Crippen molar-refractivity contribution in [1.82, 2.24) is 0 Å². The lowest BCUT2D eigenvalue weighted by molar-refractivity contribution is 0.415. The molecular weight excluding hydrogens is 256 g/mol. The molecule has 0 heterocycles. The fourth-order valence-corrected chi connectivity index (χ4v) is 3.01. The summed E-state index contributed by atoms with van der Waals surface area (Å²) in [5, 5.41) is 2.51. The first-order valence-electron chi connectivity index (χ1n) is 6.91. The Morgan fingerprint density at radius 1 is 1.00 bits per heavy atom. The summed E-state index contributed by atoms with van der Waals surface area (Å²) in [6.07, 6.45) is 2.23. The second kappa shape index (κ2) is 6.29. The summed E-state index contributed by atoms with van der Waals surface area (Å²) in [4.78, 5) is 0. The molecule has 1 atom stereocenters. The van der Waals surface area contributed by atoms with E-state index in [-0.39, 0.29) is 5.38 Å². The molecule has 0 aliphatic carbocycles. The van der Waals surface area contributed by atoms with E-state index in [1.165, 1.54) is 16.3 Å². The number of hydrogen-bond acceptors (Lipinski definition) is 1. The van der Waals surface area contributed by atoms with E-state index in [0.29, 0.717) is 5.92 Å². The normalized spacial score (nSPS) is 12.9. The topological polar surface area (TPSA) is 9.23 Å². The number of fused-ring (bicyclic) bond motifs is 1. The summed E-state index contributed by atoms with van der Waals surface area (Å²) in [5.41, 5.74) is 1.22. The van der Waals surface area contributed by atoms with E-state index in [4.69, 9.17) is 16.3 Å². The summed E-state index contributed by atoms with van der Waals surface area (Å²) in [7, 11) is 1.69. The molecule has 2 rings (SSSR count). The summed E-state index contributed by atoms with van der Waals surface area (Å²) >= 11 is 6.61. The number of methoxy groups -OCH3 is 1. The van der Waals surface area contributed by atoms with Gasteiger partial charge in [-0.15, -0.1) is 11.6 Å². The largest absolute Gasteiger partial charge is 0.497 e. The smallest absolute Gasteiger partial charge is 0.119 e. The van der Waals surface area contributed by atoms with E-state index >= 15 is 0 Å². The highest BCUT2D eigenvalue weighted by atomic mass is 35.5. The Morgan fingerprint density at radius 2 is 1.63 bits per heavy atom. The lowest BCUT2D eigenvalue weighted by Gasteiger charge is -2.20. The van der Waals surface area contributed by atoms with Crippen LogP contribution in [0, 0.1) is 5.92 Å². The van der Waals surface area contributed by atoms with Gasteiger partial charge in [0.15, 0.2) is 0 Å². The quantitative estimate of drug-likeness (QED) is 0.649. The molecule has 0 bridgehead atoms. The van der Waals surface area contributed by atoms with Gasteiger partial charge in [-0.2, -0.15) is 0 Å². The third-order valence-electron chi connectivity index (χ3n) is 3.85. The monoisotopic (exact) mass is 276 g/mol. The van der Waals surface area contributed by atoms with Crippen LogP contribution in [-0.4, -0.2) is 7.11 Å². The van der Waals surface area contributed by atoms with Gasteiger partial charge in [0, 0.05) is 0 Å². The second-order valence-electron chi connectivity index (χ2n) is 4.95. The van der Waals surface area contributed by atoms with Crippen LogP contribution >= 0.6 is 11.6 Å². The van der Waals surface area contributed by atoms with E-state index in [1.807, 2.05) is 6.07 Å². The first kappa shape index (κ1) is 14.2. The Balaban J connectivity index is 2.36. The molecular formula is C17H21ClO. The molecule has 1 unspecified atom stereocenters. The van der Waals surface area contributed by atoms with Crippen LogP contribution in [0.3, 0.4) is 0 Å². The van der Waals surface area contributed by atoms with Crippen molar-refractivity contribution >= 4 is 22.4 Å². The highest BCUT2D eigenvalue weighted by Gasteiger charge is 2.17. The molecule has 0 radical (unpaired) electrons. The highest BCUT2D eigenvalue weighted by Crippen LogP contribution is 2.35. The maximum Gasteiger partial charge on any atom is 0.119 e. The number of hydrogen-bond donors (Lipinski definition) is 0. The Bertz CT molecular complexity index is 546. The van der Waals surface area contributed by atoms with Crippen LogP contribution in [0.1, 0.15) is 37.6 Å². The van der Waals surface area contributed by atoms with Gasteiger partial charge in [-0.3, -0.25) is 0 Å². The summed E-state index contributed by atoms with van der Waals surface area (Å²) in [6.45, 7) is 4.41. The SMILES string of the molecule is CCC(CC)C(Cl)c1ccc2cc(OC)ccc2c1. The van der Waals surface area contributed by atoms with Crippen molar-refractivity contribution in [3.05, 3.63) is 42.0 Å². The van der Waals surface area contributed by atoms with Gasteiger partial charge in [-0.05, 0) is 40.5 Å². The van der Waals surface area contributed by atoms with Gasteiger partial charge >= 0.3 is 0 Å². The first-order chi connectivity index (χ1) is 9.19. The van der Waals surface area contributed by atoms with E-state index in [2.05, 4.69) is 44.2 Å². The molecule has 0 fully saturated rings. The molecule has 0 saturated heterocycles. The molecule has 0 N–H and O–H groups in total. The average molecular weight is 277 g/mol. The lowest BCUT2D eigenvalue weighted by atomic mass is 9.93. The van der Waals surface area contributed by atoms with Gasteiger partial charge in [0.25, 0.3) is 0 Å². The molecule has 0 aromatic heterocycles. The van der Waals surface area contributed by atoms with Crippen LogP contribution in [0.15, 0.2) is 36.4 Å². The van der Waals surface area contributed by atoms with Crippen LogP contribution in [0.4, 0.5) is 0 Å². The third kappa shape index (κ3) is 3.03. The van der Waals surface area contributed by atoms with E-state index in [1.54, 1.807) is 7.11 Å². The number of rotatable bonds is 5. The second-order valence-corrected chi connectivity index (χ2v) is 5.42. The Kier molecular flexibility index (Phi) is 4.71. The van der Waals surface area contributed by atoms with Gasteiger partial charge in [-0.25, -0.2) is 0 Å². The minimum absolute atomic E-state index is 0.0986. The van der Waals surface area contributed by atoms with Crippen molar-refractivity contribution in [3.63, 3.8) is 0 Å². The number of benzene rings is 2. The maximum absolute atomic E-state index is 6.61. The van der Waals surface area contributed by atoms with Crippen LogP contribution in [-0.2, 0) is 0 Å². The van der Waals surface area contributed by atoms with Crippen LogP contribution in [0.25, 0.3) is 10.8 Å². The van der Waals surface area contributed by atoms with Crippen LogP contribution < -0.4 is 4.74 Å². The Labute approximate surface area is 120 Å². The molecule has 2 aromatic rings. The number of ether oxygens (including phenoxy) is 1. The zero-order valence-corrected chi connectivity index (χ0v) is 12.6. The minimum atomic E-state index is 0.0986. The van der Waals surface area contributed by atoms with Gasteiger partial charge in [0.05, 0.1) is 12.5 Å². The summed E-state index contributed by atoms with van der Waals surface area (Å²) in [5.74, 6) is 1.43. The van der Waals surface area contributed by atoms with Crippen LogP contribution in [0.5, 0.6) is 5.75 Å². The standard InChI is InChI=1S/C17H21ClO/c1-4-12(5-2)17(18)15-7-6-14-11-16(19-3)9-8-13(14)10-15/h6-12,17H,4-5H2,1-3H3. The van der Waals surface area contributed by atoms with Gasteiger partial charge in [0.1, 0.15) is 5.75 Å². The zero-order valence-electron chi connectivity index (χ0n) is 11.8. The van der Waals surface area contributed by atoms with Crippen molar-refractivity contribution in [2.24, 2.45) is 5.92 Å². The van der Waals surface area contributed by atoms with Crippen molar-refractivity contribution in [2.75, 3.05) is 7.11 Å². The fraction of sp³-hybridized carbons (Fsp3) is 0.412. The van der Waals surface area contributed by atoms with Crippen molar-refractivity contribution in [3.8, 4) is 5.75 Å². The Morgan fingerprint density at radius 3 is 2.26 bits per heavy atom. The van der Waals surface area contributed by atoms with Crippen LogP contribution in [0.2, 0.25) is 0 Å². The molecule has 0 aliphatic rings. The van der Waals surface area contributed by atoms with Crippen molar-refractivity contribution in [2.45, 2.75) is 32.1 Å². The summed E-state index contributed by atoms with van der Waals surface area (Å²) in [6, 6.07) is 12.6. The molecule has 2 heteroatoms. The fourth-order valence-electron chi connectivity index (χ4n) is 2.52. The van der Waals surface area contributed by atoms with Gasteiger partial charge < -0.3 is 4.74 Å². The number of alkyl halides is 1. The molecule has 0 spiro atoms. The zero-order chi connectivity index (χ0) is 13.8. The lowest BCUT2D eigenvalue weighted by Crippen LogP contribution is -2.05. The molecule has 1 nitrogen and oxygen atoms in total. The van der Waals surface area contributed by atoms with Crippen molar-refractivity contribution in [1.29, 1.82) is 0 Å². The molecule has 0 amide bonds. The molecule has 2 aromatic carbocycles. The van der Waals surface area contributed by atoms with E-state index < -0.39 is 0 Å². The maximum atomic E-state index is 6.61. The predicted molar refractivity (Wildman–Crippen MR) is 83.2 cm³/mol. The molecule has 19 heavy (non-hydrogen) atoms. The minimum Gasteiger partial charge on any atom is -0.497 e. The highest BCUT2D eigenvalue weighted by molar-refractivity contribution is 6.21. The van der Waals surface area contributed by atoms with E-state index in [0.717, 1.165) is 18.6 Å². The third-order valence-corrected chi connectivity index (χ3v) is 4.46. The summed E-state index contributed by atoms with van der Waals surface area (Å²) < 4.78 is 5.25. The van der Waals surface area contributed by atoms with E-state index in [9.17, 15) is 0 Å². The first-order valence-corrected chi connectivity index (χ1v) is 7.35. The molecule has 0 saturated carbocycles.